The maximum absolute atomic E-state index is 13.9. The van der Waals surface area contributed by atoms with Crippen LogP contribution >= 0.6 is 0 Å². The van der Waals surface area contributed by atoms with E-state index >= 15 is 0 Å². The predicted octanol–water partition coefficient (Wildman–Crippen LogP) is 4.62. The van der Waals surface area contributed by atoms with Crippen LogP contribution in [0.2, 0.25) is 0 Å². The van der Waals surface area contributed by atoms with Crippen LogP contribution in [0.15, 0.2) is 42.5 Å². The van der Waals surface area contributed by atoms with Crippen molar-refractivity contribution < 1.29 is 13.6 Å². The van der Waals surface area contributed by atoms with E-state index in [0.717, 1.165) is 37.6 Å². The van der Waals surface area contributed by atoms with Gasteiger partial charge in [-0.1, -0.05) is 23.8 Å². The van der Waals surface area contributed by atoms with Crippen molar-refractivity contribution in [3.05, 3.63) is 70.8 Å². The fourth-order valence-corrected chi connectivity index (χ4v) is 3.84. The summed E-state index contributed by atoms with van der Waals surface area (Å²) < 4.78 is 27.4. The Kier molecular flexibility index (Phi) is 5.61. The number of rotatable bonds is 5. The number of amides is 1. The van der Waals surface area contributed by atoms with Crippen LogP contribution in [-0.4, -0.2) is 29.4 Å². The van der Waals surface area contributed by atoms with Crippen LogP contribution in [0.4, 0.5) is 8.78 Å². The number of nitrogens with zero attached hydrogens (tertiary/aromatic N) is 1. The van der Waals surface area contributed by atoms with Gasteiger partial charge >= 0.3 is 0 Å². The van der Waals surface area contributed by atoms with E-state index in [1.807, 2.05) is 39.0 Å². The molecule has 1 atom stereocenters. The Labute approximate surface area is 159 Å². The normalized spacial score (nSPS) is 16.3. The fraction of sp³-hybridized carbons (Fsp3) is 0.409. The molecule has 1 amide bonds. The molecule has 0 spiro atoms. The molecular weight excluding hydrogens is 346 g/mol. The molecule has 1 heterocycles. The number of nitrogens with one attached hydrogen (secondary N) is 1. The van der Waals surface area contributed by atoms with Crippen molar-refractivity contribution in [2.45, 2.75) is 45.2 Å². The smallest absolute Gasteiger partial charge is 0.251 e. The summed E-state index contributed by atoms with van der Waals surface area (Å²) in [7, 11) is 0. The van der Waals surface area contributed by atoms with Crippen molar-refractivity contribution in [2.24, 2.45) is 0 Å². The summed E-state index contributed by atoms with van der Waals surface area (Å²) in [4.78, 5) is 15.2. The van der Waals surface area contributed by atoms with Crippen LogP contribution in [0.1, 0.15) is 54.2 Å². The average Bonchev–Trinajstić information content (AvgIpc) is 3.17. The lowest BCUT2D eigenvalue weighted by molar-refractivity contribution is 0.0778. The Morgan fingerprint density at radius 1 is 1.07 bits per heavy atom. The second kappa shape index (κ2) is 7.77. The van der Waals surface area contributed by atoms with Gasteiger partial charge in [0.25, 0.3) is 5.91 Å². The van der Waals surface area contributed by atoms with E-state index < -0.39 is 23.2 Å². The molecule has 2 aromatic carbocycles. The summed E-state index contributed by atoms with van der Waals surface area (Å²) in [6, 6.07) is 10.7. The van der Waals surface area contributed by atoms with E-state index in [-0.39, 0.29) is 5.91 Å². The monoisotopic (exact) mass is 372 g/mol. The zero-order valence-electron chi connectivity index (χ0n) is 16.1. The van der Waals surface area contributed by atoms with Crippen LogP contribution in [0, 0.1) is 18.6 Å². The number of benzene rings is 2. The molecule has 1 aliphatic heterocycles. The first-order valence-corrected chi connectivity index (χ1v) is 9.36. The number of hydrogen-bond acceptors (Lipinski definition) is 2. The Morgan fingerprint density at radius 3 is 2.41 bits per heavy atom. The van der Waals surface area contributed by atoms with Crippen LogP contribution in [0.3, 0.4) is 0 Å². The highest BCUT2D eigenvalue weighted by atomic mass is 19.2. The number of halogens is 2. The van der Waals surface area contributed by atoms with Crippen LogP contribution < -0.4 is 5.32 Å². The molecule has 0 bridgehead atoms. The maximum atomic E-state index is 13.9. The summed E-state index contributed by atoms with van der Waals surface area (Å²) in [5, 5.41) is 3.07. The highest BCUT2D eigenvalue weighted by Gasteiger charge is 2.39. The lowest BCUT2D eigenvalue weighted by Gasteiger charge is -2.42. The molecule has 1 fully saturated rings. The lowest BCUT2D eigenvalue weighted by Crippen LogP contribution is -2.52. The van der Waals surface area contributed by atoms with E-state index in [9.17, 15) is 13.6 Å². The van der Waals surface area contributed by atoms with Crippen LogP contribution in [-0.2, 0) is 0 Å². The molecule has 0 aromatic heterocycles. The molecule has 0 saturated carbocycles. The molecule has 1 aliphatic rings. The SMILES string of the molecule is Cc1cccc(C(=O)NC(c2ccc(F)c(F)c2)C(C)(C)N2CCCC2)c1. The van der Waals surface area contributed by atoms with Crippen molar-refractivity contribution in [3.8, 4) is 0 Å². The number of carbonyl (C=O) groups is 1. The first-order valence-electron chi connectivity index (χ1n) is 9.36. The third-order valence-electron chi connectivity index (χ3n) is 5.46. The van der Waals surface area contributed by atoms with E-state index in [2.05, 4.69) is 10.2 Å². The van der Waals surface area contributed by atoms with Crippen molar-refractivity contribution in [3.63, 3.8) is 0 Å². The minimum atomic E-state index is -0.903. The second-order valence-electron chi connectivity index (χ2n) is 7.80. The topological polar surface area (TPSA) is 32.3 Å². The molecule has 1 saturated heterocycles. The van der Waals surface area contributed by atoms with Gasteiger partial charge in [0.05, 0.1) is 6.04 Å². The number of likely N-dealkylation sites (tertiary alicyclic amines) is 1. The Balaban J connectivity index is 1.96. The van der Waals surface area contributed by atoms with Crippen molar-refractivity contribution in [1.82, 2.24) is 10.2 Å². The van der Waals surface area contributed by atoms with Gasteiger partial charge in [-0.15, -0.1) is 0 Å². The van der Waals surface area contributed by atoms with Gasteiger partial charge in [0.1, 0.15) is 0 Å². The number of hydrogen-bond donors (Lipinski definition) is 1. The van der Waals surface area contributed by atoms with Gasteiger partial charge < -0.3 is 5.32 Å². The maximum Gasteiger partial charge on any atom is 0.251 e. The zero-order chi connectivity index (χ0) is 19.6. The van der Waals surface area contributed by atoms with Gasteiger partial charge in [0.2, 0.25) is 0 Å². The molecule has 2 aromatic rings. The van der Waals surface area contributed by atoms with Gasteiger partial charge in [0, 0.05) is 11.1 Å². The molecule has 5 heteroatoms. The van der Waals surface area contributed by atoms with Crippen LogP contribution in [0.25, 0.3) is 0 Å². The third-order valence-corrected chi connectivity index (χ3v) is 5.46. The minimum Gasteiger partial charge on any atom is -0.343 e. The predicted molar refractivity (Wildman–Crippen MR) is 103 cm³/mol. The molecule has 144 valence electrons. The lowest BCUT2D eigenvalue weighted by atomic mass is 9.86. The molecule has 3 rings (SSSR count). The van der Waals surface area contributed by atoms with E-state index in [1.165, 1.54) is 6.07 Å². The van der Waals surface area contributed by atoms with Gasteiger partial charge in [-0.3, -0.25) is 9.69 Å². The summed E-state index contributed by atoms with van der Waals surface area (Å²) in [5.41, 5.74) is 1.66. The molecule has 0 aliphatic carbocycles. The highest BCUT2D eigenvalue weighted by molar-refractivity contribution is 5.94. The first kappa shape index (κ1) is 19.5. The summed E-state index contributed by atoms with van der Waals surface area (Å²) in [5.74, 6) is -2.01. The fourth-order valence-electron chi connectivity index (χ4n) is 3.84. The van der Waals surface area contributed by atoms with E-state index in [0.29, 0.717) is 11.1 Å². The van der Waals surface area contributed by atoms with E-state index in [4.69, 9.17) is 0 Å². The number of aryl methyl sites for hydroxylation is 1. The Hall–Kier alpha value is -2.27. The van der Waals surface area contributed by atoms with Crippen molar-refractivity contribution >= 4 is 5.91 Å². The summed E-state index contributed by atoms with van der Waals surface area (Å²) >= 11 is 0. The molecule has 27 heavy (non-hydrogen) atoms. The van der Waals surface area contributed by atoms with Crippen molar-refractivity contribution in [1.29, 1.82) is 0 Å². The largest absolute Gasteiger partial charge is 0.343 e. The minimum absolute atomic E-state index is 0.222. The van der Waals surface area contributed by atoms with Gasteiger partial charge in [-0.25, -0.2) is 8.78 Å². The molecular formula is C22H26F2N2O. The Bertz CT molecular complexity index is 829. The van der Waals surface area contributed by atoms with Gasteiger partial charge in [-0.2, -0.15) is 0 Å². The van der Waals surface area contributed by atoms with Gasteiger partial charge in [-0.05, 0) is 76.5 Å². The molecule has 3 nitrogen and oxygen atoms in total. The zero-order valence-corrected chi connectivity index (χ0v) is 16.1. The first-order chi connectivity index (χ1) is 12.8. The molecule has 1 N–H and O–H groups in total. The third kappa shape index (κ3) is 4.19. The second-order valence-corrected chi connectivity index (χ2v) is 7.80. The van der Waals surface area contributed by atoms with Crippen molar-refractivity contribution in [2.75, 3.05) is 13.1 Å². The quantitative estimate of drug-likeness (QED) is 0.831. The summed E-state index contributed by atoms with van der Waals surface area (Å²) in [6.45, 7) is 7.86. The molecule has 1 unspecified atom stereocenters. The van der Waals surface area contributed by atoms with Gasteiger partial charge in [0.15, 0.2) is 11.6 Å². The summed E-state index contributed by atoms with van der Waals surface area (Å²) in [6.07, 6.45) is 2.19. The average molecular weight is 372 g/mol. The number of carbonyl (C=O) groups excluding carboxylic acids is 1. The molecule has 0 radical (unpaired) electrons. The Morgan fingerprint density at radius 2 is 1.78 bits per heavy atom. The highest BCUT2D eigenvalue weighted by Crippen LogP contribution is 2.34. The van der Waals surface area contributed by atoms with E-state index in [1.54, 1.807) is 12.1 Å². The van der Waals surface area contributed by atoms with Crippen LogP contribution in [0.5, 0.6) is 0 Å². The standard InChI is InChI=1S/C22H26F2N2O/c1-15-7-6-8-17(13-15)21(27)25-20(16-9-10-18(23)19(24)14-16)22(2,3)26-11-4-5-12-26/h6-10,13-14,20H,4-5,11-12H2,1-3H3,(H,25,27).